The summed E-state index contributed by atoms with van der Waals surface area (Å²) in [5.41, 5.74) is 2.02. The Bertz CT molecular complexity index is 1020. The number of aromatic amines is 1. The van der Waals surface area contributed by atoms with E-state index in [0.29, 0.717) is 11.2 Å². The molecule has 1 fully saturated rings. The Morgan fingerprint density at radius 3 is 2.54 bits per heavy atom. The highest BCUT2D eigenvalue weighted by atomic mass is 16.6. The van der Waals surface area contributed by atoms with E-state index in [2.05, 4.69) is 32.4 Å². The molecule has 0 radical (unpaired) electrons. The first-order chi connectivity index (χ1) is 13.5. The molecule has 0 atom stereocenters. The van der Waals surface area contributed by atoms with Gasteiger partial charge in [0, 0.05) is 43.6 Å². The number of rotatable bonds is 4. The molecule has 0 bridgehead atoms. The Hall–Kier alpha value is -3.46. The van der Waals surface area contributed by atoms with Gasteiger partial charge in [0.25, 0.3) is 11.6 Å². The van der Waals surface area contributed by atoms with Gasteiger partial charge in [0.15, 0.2) is 5.69 Å². The van der Waals surface area contributed by atoms with Crippen molar-refractivity contribution in [2.75, 3.05) is 43.4 Å². The third kappa shape index (κ3) is 3.39. The van der Waals surface area contributed by atoms with Crippen molar-refractivity contribution in [2.45, 2.75) is 0 Å². The van der Waals surface area contributed by atoms with Crippen LogP contribution in [0, 0.1) is 10.1 Å². The minimum absolute atomic E-state index is 0.00504. The van der Waals surface area contributed by atoms with Gasteiger partial charge in [-0.15, -0.1) is 0 Å². The van der Waals surface area contributed by atoms with Gasteiger partial charge in [-0.25, -0.2) is 0 Å². The quantitative estimate of drug-likeness (QED) is 0.532. The second-order valence-electron chi connectivity index (χ2n) is 6.82. The lowest BCUT2D eigenvalue weighted by molar-refractivity contribution is -0.383. The highest BCUT2D eigenvalue weighted by molar-refractivity contribution is 6.13. The first-order valence-corrected chi connectivity index (χ1v) is 8.99. The molecule has 0 spiro atoms. The molecule has 0 saturated carbocycles. The number of hydrogen-bond acceptors (Lipinski definition) is 6. The average Bonchev–Trinajstić information content (AvgIpc) is 3.13. The van der Waals surface area contributed by atoms with Gasteiger partial charge in [-0.3, -0.25) is 20.0 Å². The molecule has 1 aromatic heterocycles. The van der Waals surface area contributed by atoms with E-state index in [4.69, 9.17) is 0 Å². The standard InChI is InChI=1S/C19H20N6O3/c1-23-9-11-24(12-10-23)14-7-5-13(6-8-14)20-19(26)18-17-15(21-22-18)3-2-4-16(17)25(27)28/h2-8H,9-12H2,1H3,(H,20,26)(H,21,22). The van der Waals surface area contributed by atoms with E-state index in [-0.39, 0.29) is 16.8 Å². The number of aromatic nitrogens is 2. The summed E-state index contributed by atoms with van der Waals surface area (Å²) in [6.45, 7) is 3.96. The van der Waals surface area contributed by atoms with E-state index < -0.39 is 10.8 Å². The summed E-state index contributed by atoms with van der Waals surface area (Å²) in [5, 5.41) is 20.9. The molecule has 2 N–H and O–H groups in total. The SMILES string of the molecule is CN1CCN(c2ccc(NC(=O)c3n[nH]c4cccc([N+](=O)[O-])c34)cc2)CC1. The summed E-state index contributed by atoms with van der Waals surface area (Å²) < 4.78 is 0. The molecule has 0 unspecified atom stereocenters. The number of nitrogens with one attached hydrogen (secondary N) is 2. The predicted octanol–water partition coefficient (Wildman–Crippen LogP) is 2.48. The number of H-pyrrole nitrogens is 1. The highest BCUT2D eigenvalue weighted by Gasteiger charge is 2.23. The smallest absolute Gasteiger partial charge is 0.281 e. The first-order valence-electron chi connectivity index (χ1n) is 8.99. The Balaban J connectivity index is 1.53. The normalized spacial score (nSPS) is 15.0. The lowest BCUT2D eigenvalue weighted by Gasteiger charge is -2.34. The first kappa shape index (κ1) is 17.9. The Morgan fingerprint density at radius 1 is 1.14 bits per heavy atom. The highest BCUT2D eigenvalue weighted by Crippen LogP contribution is 2.28. The van der Waals surface area contributed by atoms with Crippen LogP contribution in [0.5, 0.6) is 0 Å². The van der Waals surface area contributed by atoms with Gasteiger partial charge in [0.1, 0.15) is 5.39 Å². The van der Waals surface area contributed by atoms with Crippen LogP contribution in [0.1, 0.15) is 10.5 Å². The largest absolute Gasteiger partial charge is 0.369 e. The molecule has 1 aliphatic rings. The van der Waals surface area contributed by atoms with Gasteiger partial charge in [0.05, 0.1) is 10.4 Å². The van der Waals surface area contributed by atoms with Gasteiger partial charge in [0.2, 0.25) is 0 Å². The predicted molar refractivity (Wildman–Crippen MR) is 107 cm³/mol. The average molecular weight is 380 g/mol. The zero-order valence-corrected chi connectivity index (χ0v) is 15.4. The topological polar surface area (TPSA) is 107 Å². The van der Waals surface area contributed by atoms with Crippen LogP contribution in [0.3, 0.4) is 0 Å². The number of piperazine rings is 1. The van der Waals surface area contributed by atoms with Gasteiger partial charge in [-0.2, -0.15) is 5.10 Å². The zero-order valence-electron chi connectivity index (χ0n) is 15.4. The Labute approximate surface area is 161 Å². The Morgan fingerprint density at radius 2 is 1.86 bits per heavy atom. The molecule has 2 aromatic carbocycles. The maximum Gasteiger partial charge on any atom is 0.281 e. The molecule has 144 valence electrons. The number of nitro groups is 1. The summed E-state index contributed by atoms with van der Waals surface area (Å²) in [4.78, 5) is 28.0. The molecule has 4 rings (SSSR count). The number of nitrogens with zero attached hydrogens (tertiary/aromatic N) is 4. The van der Waals surface area contributed by atoms with Crippen LogP contribution < -0.4 is 10.2 Å². The van der Waals surface area contributed by atoms with E-state index in [1.54, 1.807) is 12.1 Å². The summed E-state index contributed by atoms with van der Waals surface area (Å²) in [7, 11) is 2.11. The summed E-state index contributed by atoms with van der Waals surface area (Å²) in [5.74, 6) is -0.493. The molecule has 1 aliphatic heterocycles. The maximum absolute atomic E-state index is 12.7. The fraction of sp³-hybridized carbons (Fsp3) is 0.263. The van der Waals surface area contributed by atoms with Gasteiger partial charge in [-0.1, -0.05) is 6.07 Å². The number of hydrogen-bond donors (Lipinski definition) is 2. The van der Waals surface area contributed by atoms with Crippen LogP contribution in [0.2, 0.25) is 0 Å². The van der Waals surface area contributed by atoms with E-state index in [1.165, 1.54) is 6.07 Å². The van der Waals surface area contributed by atoms with Crippen molar-refractivity contribution in [3.05, 3.63) is 58.3 Å². The monoisotopic (exact) mass is 380 g/mol. The van der Waals surface area contributed by atoms with Gasteiger partial charge in [-0.05, 0) is 37.4 Å². The van der Waals surface area contributed by atoms with Crippen molar-refractivity contribution in [3.63, 3.8) is 0 Å². The van der Waals surface area contributed by atoms with E-state index in [0.717, 1.165) is 31.9 Å². The summed E-state index contributed by atoms with van der Waals surface area (Å²) >= 11 is 0. The van der Waals surface area contributed by atoms with Crippen molar-refractivity contribution in [2.24, 2.45) is 0 Å². The van der Waals surface area contributed by atoms with Crippen LogP contribution in [-0.4, -0.2) is 59.2 Å². The number of carbonyl (C=O) groups excluding carboxylic acids is 1. The molecule has 28 heavy (non-hydrogen) atoms. The number of benzene rings is 2. The van der Waals surface area contributed by atoms with Crippen LogP contribution in [0.4, 0.5) is 17.1 Å². The molecule has 0 aliphatic carbocycles. The number of anilines is 2. The molecular formula is C19H20N6O3. The lowest BCUT2D eigenvalue weighted by Crippen LogP contribution is -2.44. The van der Waals surface area contributed by atoms with Gasteiger partial charge < -0.3 is 15.1 Å². The van der Waals surface area contributed by atoms with Crippen molar-refractivity contribution < 1.29 is 9.72 Å². The second kappa shape index (κ2) is 7.28. The molecular weight excluding hydrogens is 360 g/mol. The minimum Gasteiger partial charge on any atom is -0.369 e. The fourth-order valence-electron chi connectivity index (χ4n) is 3.38. The maximum atomic E-state index is 12.7. The molecule has 9 heteroatoms. The molecule has 2 heterocycles. The van der Waals surface area contributed by atoms with E-state index in [1.807, 2.05) is 24.3 Å². The summed E-state index contributed by atoms with van der Waals surface area (Å²) in [6.07, 6.45) is 0. The van der Waals surface area contributed by atoms with E-state index >= 15 is 0 Å². The Kier molecular flexibility index (Phi) is 4.66. The lowest BCUT2D eigenvalue weighted by atomic mass is 10.1. The zero-order chi connectivity index (χ0) is 19.7. The van der Waals surface area contributed by atoms with Crippen LogP contribution in [-0.2, 0) is 0 Å². The molecule has 3 aromatic rings. The number of nitro benzene ring substituents is 1. The molecule has 1 saturated heterocycles. The second-order valence-corrected chi connectivity index (χ2v) is 6.82. The van der Waals surface area contributed by atoms with Crippen LogP contribution in [0.15, 0.2) is 42.5 Å². The summed E-state index contributed by atoms with van der Waals surface area (Å²) in [6, 6.07) is 12.1. The number of non-ortho nitro benzene ring substituents is 1. The molecule has 1 amide bonds. The van der Waals surface area contributed by atoms with Crippen LogP contribution >= 0.6 is 0 Å². The number of carbonyl (C=O) groups is 1. The number of fused-ring (bicyclic) bond motifs is 1. The minimum atomic E-state index is -0.514. The van der Waals surface area contributed by atoms with Gasteiger partial charge >= 0.3 is 0 Å². The van der Waals surface area contributed by atoms with Crippen molar-refractivity contribution >= 4 is 33.9 Å². The number of likely N-dealkylation sites (N-methyl/N-ethyl adjacent to an activating group) is 1. The van der Waals surface area contributed by atoms with E-state index in [9.17, 15) is 14.9 Å². The third-order valence-corrected chi connectivity index (χ3v) is 4.97. The number of amides is 1. The van der Waals surface area contributed by atoms with Crippen LogP contribution in [0.25, 0.3) is 10.9 Å². The van der Waals surface area contributed by atoms with Crippen molar-refractivity contribution in [1.82, 2.24) is 15.1 Å². The third-order valence-electron chi connectivity index (χ3n) is 4.97. The van der Waals surface area contributed by atoms with Crippen molar-refractivity contribution in [1.29, 1.82) is 0 Å². The molecule has 9 nitrogen and oxygen atoms in total. The fourth-order valence-corrected chi connectivity index (χ4v) is 3.38. The van der Waals surface area contributed by atoms with Crippen molar-refractivity contribution in [3.8, 4) is 0 Å².